The molecule has 2 rings (SSSR count). The van der Waals surface area contributed by atoms with Crippen LogP contribution in [0.2, 0.25) is 0 Å². The zero-order valence-corrected chi connectivity index (χ0v) is 14.1. The van der Waals surface area contributed by atoms with Gasteiger partial charge in [-0.2, -0.15) is 0 Å². The predicted molar refractivity (Wildman–Crippen MR) is 87.1 cm³/mol. The van der Waals surface area contributed by atoms with Crippen LogP contribution in [0.3, 0.4) is 0 Å². The van der Waals surface area contributed by atoms with Crippen LogP contribution >= 0.6 is 0 Å². The molecule has 24 heavy (non-hydrogen) atoms. The van der Waals surface area contributed by atoms with Crippen LogP contribution < -0.4 is 4.74 Å². The third-order valence-corrected chi connectivity index (χ3v) is 4.04. The van der Waals surface area contributed by atoms with Crippen LogP contribution in [0, 0.1) is 5.82 Å². The zero-order chi connectivity index (χ0) is 17.7. The Kier molecular flexibility index (Phi) is 5.56. The lowest BCUT2D eigenvalue weighted by atomic mass is 10.1. The number of carbonyl (C=O) groups excluding carboxylic acids is 1. The van der Waals surface area contributed by atoms with E-state index in [0.717, 1.165) is 6.26 Å². The number of esters is 1. The van der Waals surface area contributed by atoms with Gasteiger partial charge in [0, 0.05) is 6.26 Å². The molecule has 0 radical (unpaired) electrons. The van der Waals surface area contributed by atoms with Gasteiger partial charge >= 0.3 is 5.97 Å². The fourth-order valence-corrected chi connectivity index (χ4v) is 2.91. The van der Waals surface area contributed by atoms with E-state index in [1.807, 2.05) is 0 Å². The van der Waals surface area contributed by atoms with E-state index >= 15 is 0 Å². The van der Waals surface area contributed by atoms with E-state index in [2.05, 4.69) is 0 Å². The third kappa shape index (κ3) is 5.06. The first-order valence-electron chi connectivity index (χ1n) is 7.05. The quantitative estimate of drug-likeness (QED) is 0.748. The van der Waals surface area contributed by atoms with Crippen molar-refractivity contribution in [2.45, 2.75) is 12.4 Å². The van der Waals surface area contributed by atoms with E-state index in [1.165, 1.54) is 31.4 Å². The minimum atomic E-state index is -3.19. The van der Waals surface area contributed by atoms with Crippen LogP contribution in [0.1, 0.15) is 21.5 Å². The lowest BCUT2D eigenvalue weighted by Gasteiger charge is -2.08. The summed E-state index contributed by atoms with van der Waals surface area (Å²) in [5, 5.41) is 0. The first kappa shape index (κ1) is 17.9. The lowest BCUT2D eigenvalue weighted by molar-refractivity contribution is 0.0472. The predicted octanol–water partition coefficient (Wildman–Crippen LogP) is 2.74. The Morgan fingerprint density at radius 3 is 2.50 bits per heavy atom. The highest BCUT2D eigenvalue weighted by Gasteiger charge is 2.11. The number of halogens is 1. The number of hydrogen-bond acceptors (Lipinski definition) is 5. The molecule has 0 atom stereocenters. The first-order chi connectivity index (χ1) is 11.3. The van der Waals surface area contributed by atoms with Crippen LogP contribution in [0.4, 0.5) is 4.39 Å². The molecular weight excluding hydrogens is 335 g/mol. The molecule has 0 heterocycles. The average Bonchev–Trinajstić information content (AvgIpc) is 2.51. The van der Waals surface area contributed by atoms with Gasteiger partial charge in [0.25, 0.3) is 0 Å². The molecule has 0 N–H and O–H groups in total. The molecule has 0 aliphatic carbocycles. The summed E-state index contributed by atoms with van der Waals surface area (Å²) in [5.41, 5.74) is 1.22. The fraction of sp³-hybridized carbons (Fsp3) is 0.235. The number of hydrogen-bond donors (Lipinski definition) is 0. The molecule has 0 aromatic heterocycles. The topological polar surface area (TPSA) is 69.7 Å². The van der Waals surface area contributed by atoms with E-state index in [0.29, 0.717) is 11.1 Å². The smallest absolute Gasteiger partial charge is 0.338 e. The van der Waals surface area contributed by atoms with Crippen molar-refractivity contribution in [3.8, 4) is 5.75 Å². The minimum Gasteiger partial charge on any atom is -0.494 e. The lowest BCUT2D eigenvalue weighted by Crippen LogP contribution is -2.07. The summed E-state index contributed by atoms with van der Waals surface area (Å²) in [4.78, 5) is 12.1. The van der Waals surface area contributed by atoms with Crippen molar-refractivity contribution in [3.05, 3.63) is 65.0 Å². The Hall–Kier alpha value is -2.41. The standard InChI is InChI=1S/C17H17FO5S/c1-22-16-7-6-12(9-15(16)18)10-23-17(19)14-5-3-4-13(8-14)11-24(2,20)21/h3-9H,10-11H2,1-2H3. The largest absolute Gasteiger partial charge is 0.494 e. The van der Waals surface area contributed by atoms with Gasteiger partial charge < -0.3 is 9.47 Å². The van der Waals surface area contributed by atoms with Crippen molar-refractivity contribution in [1.82, 2.24) is 0 Å². The molecule has 0 aliphatic rings. The van der Waals surface area contributed by atoms with Gasteiger partial charge in [-0.25, -0.2) is 17.6 Å². The molecule has 0 aliphatic heterocycles. The van der Waals surface area contributed by atoms with Crippen LogP contribution in [0.25, 0.3) is 0 Å². The van der Waals surface area contributed by atoms with E-state index in [1.54, 1.807) is 18.2 Å². The van der Waals surface area contributed by atoms with Crippen molar-refractivity contribution in [2.24, 2.45) is 0 Å². The van der Waals surface area contributed by atoms with Crippen LogP contribution in [-0.2, 0) is 26.9 Å². The molecule has 128 valence electrons. The molecule has 0 fully saturated rings. The van der Waals surface area contributed by atoms with Crippen LogP contribution in [0.15, 0.2) is 42.5 Å². The highest BCUT2D eigenvalue weighted by atomic mass is 32.2. The summed E-state index contributed by atoms with van der Waals surface area (Å²) in [6.45, 7) is -0.101. The molecule has 2 aromatic carbocycles. The third-order valence-electron chi connectivity index (χ3n) is 3.18. The number of carbonyl (C=O) groups is 1. The maximum Gasteiger partial charge on any atom is 0.338 e. The second-order valence-electron chi connectivity index (χ2n) is 5.32. The number of methoxy groups -OCH3 is 1. The van der Waals surface area contributed by atoms with Crippen LogP contribution in [0.5, 0.6) is 5.75 Å². The Morgan fingerprint density at radius 1 is 1.12 bits per heavy atom. The molecule has 7 heteroatoms. The Labute approximate surface area is 139 Å². The number of benzene rings is 2. The minimum absolute atomic E-state index is 0.101. The number of rotatable bonds is 6. The number of sulfone groups is 1. The molecular formula is C17H17FO5S. The van der Waals surface area contributed by atoms with E-state index in [-0.39, 0.29) is 23.7 Å². The summed E-state index contributed by atoms with van der Waals surface area (Å²) in [7, 11) is -1.83. The highest BCUT2D eigenvalue weighted by Crippen LogP contribution is 2.18. The SMILES string of the molecule is COc1ccc(COC(=O)c2cccc(CS(C)(=O)=O)c2)cc1F. The summed E-state index contributed by atoms with van der Waals surface area (Å²) in [5.74, 6) is -1.20. The molecule has 0 saturated carbocycles. The van der Waals surface area contributed by atoms with Gasteiger partial charge in [0.05, 0.1) is 18.4 Å². The van der Waals surface area contributed by atoms with Gasteiger partial charge in [-0.1, -0.05) is 18.2 Å². The normalized spacial score (nSPS) is 11.1. The summed E-state index contributed by atoms with van der Waals surface area (Å²) in [6, 6.07) is 10.5. The summed E-state index contributed by atoms with van der Waals surface area (Å²) < 4.78 is 46.2. The van der Waals surface area contributed by atoms with Crippen molar-refractivity contribution < 1.29 is 27.1 Å². The van der Waals surface area contributed by atoms with Gasteiger partial charge in [-0.15, -0.1) is 0 Å². The molecule has 0 saturated heterocycles. The van der Waals surface area contributed by atoms with Gasteiger partial charge in [0.1, 0.15) is 6.61 Å². The molecule has 0 spiro atoms. The van der Waals surface area contributed by atoms with Crippen LogP contribution in [-0.4, -0.2) is 27.8 Å². The van der Waals surface area contributed by atoms with Gasteiger partial charge in [0.15, 0.2) is 21.4 Å². The van der Waals surface area contributed by atoms with Crippen molar-refractivity contribution >= 4 is 15.8 Å². The Bertz CT molecular complexity index is 846. The fourth-order valence-electron chi connectivity index (χ4n) is 2.12. The summed E-state index contributed by atoms with van der Waals surface area (Å²) >= 11 is 0. The highest BCUT2D eigenvalue weighted by molar-refractivity contribution is 7.89. The monoisotopic (exact) mass is 352 g/mol. The zero-order valence-electron chi connectivity index (χ0n) is 13.3. The molecule has 2 aromatic rings. The second kappa shape index (κ2) is 7.44. The van der Waals surface area contributed by atoms with E-state index in [9.17, 15) is 17.6 Å². The maximum absolute atomic E-state index is 13.6. The van der Waals surface area contributed by atoms with Gasteiger partial charge in [0.2, 0.25) is 0 Å². The van der Waals surface area contributed by atoms with E-state index < -0.39 is 21.6 Å². The Balaban J connectivity index is 2.05. The molecule has 0 amide bonds. The van der Waals surface area contributed by atoms with Gasteiger partial charge in [-0.05, 0) is 35.4 Å². The average molecular weight is 352 g/mol. The molecule has 0 unspecified atom stereocenters. The molecule has 5 nitrogen and oxygen atoms in total. The second-order valence-corrected chi connectivity index (χ2v) is 7.46. The maximum atomic E-state index is 13.6. The van der Waals surface area contributed by atoms with Crippen molar-refractivity contribution in [3.63, 3.8) is 0 Å². The molecule has 0 bridgehead atoms. The van der Waals surface area contributed by atoms with Crippen molar-refractivity contribution in [1.29, 1.82) is 0 Å². The van der Waals surface area contributed by atoms with Gasteiger partial charge in [-0.3, -0.25) is 0 Å². The number of ether oxygens (including phenoxy) is 2. The van der Waals surface area contributed by atoms with E-state index in [4.69, 9.17) is 9.47 Å². The Morgan fingerprint density at radius 2 is 1.88 bits per heavy atom. The van der Waals surface area contributed by atoms with Crippen molar-refractivity contribution in [2.75, 3.05) is 13.4 Å². The first-order valence-corrected chi connectivity index (χ1v) is 9.11. The summed E-state index contributed by atoms with van der Waals surface area (Å²) in [6.07, 6.45) is 1.12.